The number of nitrogens with two attached hydrogens (primary N) is 1. The van der Waals surface area contributed by atoms with Gasteiger partial charge >= 0.3 is 0 Å². The van der Waals surface area contributed by atoms with Crippen molar-refractivity contribution in [1.82, 2.24) is 5.32 Å². The van der Waals surface area contributed by atoms with Crippen LogP contribution in [0.3, 0.4) is 0 Å². The zero-order valence-electron chi connectivity index (χ0n) is 11.8. The summed E-state index contributed by atoms with van der Waals surface area (Å²) >= 11 is 0. The molecule has 0 unspecified atom stereocenters. The van der Waals surface area contributed by atoms with Crippen molar-refractivity contribution < 1.29 is 19.0 Å². The fourth-order valence-electron chi connectivity index (χ4n) is 2.44. The largest absolute Gasteiger partial charge is 0.507 e. The van der Waals surface area contributed by atoms with Crippen molar-refractivity contribution in [1.29, 1.82) is 0 Å². The molecule has 6 heteroatoms. The zero-order valence-corrected chi connectivity index (χ0v) is 11.8. The molecule has 0 saturated heterocycles. The molecule has 21 heavy (non-hydrogen) atoms. The highest BCUT2D eigenvalue weighted by Crippen LogP contribution is 2.20. The van der Waals surface area contributed by atoms with Gasteiger partial charge in [0.05, 0.1) is 18.3 Å². The number of carbonyl (C=O) groups is 1. The first kappa shape index (κ1) is 15.7. The second-order valence-electron chi connectivity index (χ2n) is 5.32. The van der Waals surface area contributed by atoms with Crippen molar-refractivity contribution in [2.45, 2.75) is 37.8 Å². The summed E-state index contributed by atoms with van der Waals surface area (Å²) in [6.45, 7) is 0.756. The highest BCUT2D eigenvalue weighted by Gasteiger charge is 2.18. The summed E-state index contributed by atoms with van der Waals surface area (Å²) in [5.41, 5.74) is 5.87. The maximum absolute atomic E-state index is 12.8. The lowest BCUT2D eigenvalue weighted by atomic mass is 9.94. The number of amides is 1. The quantitative estimate of drug-likeness (QED) is 0.720. The Kier molecular flexibility index (Phi) is 5.52. The van der Waals surface area contributed by atoms with E-state index in [1.807, 2.05) is 0 Å². The van der Waals surface area contributed by atoms with Crippen molar-refractivity contribution in [2.75, 3.05) is 13.2 Å². The smallest absolute Gasteiger partial charge is 0.255 e. The second kappa shape index (κ2) is 7.38. The molecule has 5 nitrogen and oxygen atoms in total. The van der Waals surface area contributed by atoms with Crippen molar-refractivity contribution in [3.63, 3.8) is 0 Å². The average Bonchev–Trinajstić information content (AvgIpc) is 2.45. The van der Waals surface area contributed by atoms with Gasteiger partial charge in [-0.25, -0.2) is 4.39 Å². The Morgan fingerprint density at radius 3 is 2.76 bits per heavy atom. The van der Waals surface area contributed by atoms with Crippen molar-refractivity contribution in [3.8, 4) is 5.75 Å². The van der Waals surface area contributed by atoms with Crippen LogP contribution in [0.4, 0.5) is 4.39 Å². The minimum Gasteiger partial charge on any atom is -0.507 e. The number of rotatable bonds is 5. The van der Waals surface area contributed by atoms with Crippen LogP contribution in [0.1, 0.15) is 36.0 Å². The van der Waals surface area contributed by atoms with Crippen LogP contribution in [0.15, 0.2) is 18.2 Å². The standard InChI is InChI=1S/C15H21FN2O3/c16-10-1-6-13(14(19)9-10)15(20)18-7-8-21-12-4-2-11(17)3-5-12/h1,6,9,11-12,19H,2-5,7-8,17H2,(H,18,20). The van der Waals surface area contributed by atoms with E-state index in [4.69, 9.17) is 10.5 Å². The van der Waals surface area contributed by atoms with E-state index < -0.39 is 11.7 Å². The van der Waals surface area contributed by atoms with Crippen LogP contribution in [-0.4, -0.2) is 36.3 Å². The van der Waals surface area contributed by atoms with Crippen LogP contribution in [0.2, 0.25) is 0 Å². The Bertz CT molecular complexity index is 488. The molecule has 0 atom stereocenters. The molecule has 1 aliphatic carbocycles. The van der Waals surface area contributed by atoms with Gasteiger partial charge in [-0.05, 0) is 37.8 Å². The summed E-state index contributed by atoms with van der Waals surface area (Å²) in [7, 11) is 0. The molecule has 1 aromatic rings. The number of hydrogen-bond acceptors (Lipinski definition) is 4. The Hall–Kier alpha value is -1.66. The van der Waals surface area contributed by atoms with Gasteiger partial charge < -0.3 is 20.9 Å². The molecule has 1 amide bonds. The van der Waals surface area contributed by atoms with Crippen LogP contribution in [0.25, 0.3) is 0 Å². The van der Waals surface area contributed by atoms with Crippen molar-refractivity contribution in [3.05, 3.63) is 29.6 Å². The number of benzene rings is 1. The van der Waals surface area contributed by atoms with E-state index in [-0.39, 0.29) is 23.5 Å². The predicted molar refractivity (Wildman–Crippen MR) is 76.6 cm³/mol. The van der Waals surface area contributed by atoms with Gasteiger partial charge in [0.1, 0.15) is 11.6 Å². The summed E-state index contributed by atoms with van der Waals surface area (Å²) in [5, 5.41) is 12.1. The fraction of sp³-hybridized carbons (Fsp3) is 0.533. The summed E-state index contributed by atoms with van der Waals surface area (Å²) in [6.07, 6.45) is 4.06. The Balaban J connectivity index is 1.69. The molecule has 1 saturated carbocycles. The number of nitrogens with one attached hydrogen (secondary N) is 1. The highest BCUT2D eigenvalue weighted by molar-refractivity contribution is 5.96. The zero-order chi connectivity index (χ0) is 15.2. The summed E-state index contributed by atoms with van der Waals surface area (Å²) in [4.78, 5) is 11.8. The Labute approximate surface area is 123 Å². The first-order chi connectivity index (χ1) is 10.1. The first-order valence-electron chi connectivity index (χ1n) is 7.20. The van der Waals surface area contributed by atoms with E-state index in [9.17, 15) is 14.3 Å². The lowest BCUT2D eigenvalue weighted by Gasteiger charge is -2.26. The van der Waals surface area contributed by atoms with E-state index in [1.165, 1.54) is 6.07 Å². The third-order valence-corrected chi connectivity index (χ3v) is 3.66. The third-order valence-electron chi connectivity index (χ3n) is 3.66. The summed E-state index contributed by atoms with van der Waals surface area (Å²) in [6, 6.07) is 3.59. The van der Waals surface area contributed by atoms with Gasteiger partial charge in [0, 0.05) is 18.7 Å². The number of halogens is 1. The molecule has 2 rings (SSSR count). The molecule has 4 N–H and O–H groups in total. The van der Waals surface area contributed by atoms with Crippen LogP contribution in [0.5, 0.6) is 5.75 Å². The lowest BCUT2D eigenvalue weighted by molar-refractivity contribution is 0.0267. The normalized spacial score (nSPS) is 22.0. The highest BCUT2D eigenvalue weighted by atomic mass is 19.1. The van der Waals surface area contributed by atoms with E-state index in [1.54, 1.807) is 0 Å². The molecule has 0 aliphatic heterocycles. The molecule has 1 aliphatic rings. The van der Waals surface area contributed by atoms with Gasteiger partial charge in [-0.1, -0.05) is 0 Å². The molecular weight excluding hydrogens is 275 g/mol. The monoisotopic (exact) mass is 296 g/mol. The van der Waals surface area contributed by atoms with Crippen molar-refractivity contribution in [2.24, 2.45) is 5.73 Å². The number of phenolic OH excluding ortho intramolecular Hbond substituents is 1. The predicted octanol–water partition coefficient (Wildman–Crippen LogP) is 1.55. The average molecular weight is 296 g/mol. The minimum atomic E-state index is -0.581. The lowest BCUT2D eigenvalue weighted by Crippen LogP contribution is -2.33. The van der Waals surface area contributed by atoms with E-state index >= 15 is 0 Å². The van der Waals surface area contributed by atoms with Gasteiger partial charge in [-0.3, -0.25) is 4.79 Å². The maximum atomic E-state index is 12.8. The molecule has 1 fully saturated rings. The molecule has 1 aromatic carbocycles. The molecule has 0 spiro atoms. The topological polar surface area (TPSA) is 84.6 Å². The Morgan fingerprint density at radius 1 is 1.38 bits per heavy atom. The van der Waals surface area contributed by atoms with Gasteiger partial charge in [-0.15, -0.1) is 0 Å². The number of hydrogen-bond donors (Lipinski definition) is 3. The van der Waals surface area contributed by atoms with Crippen LogP contribution in [0, 0.1) is 5.82 Å². The van der Waals surface area contributed by atoms with Crippen LogP contribution in [-0.2, 0) is 4.74 Å². The minimum absolute atomic E-state index is 0.0556. The van der Waals surface area contributed by atoms with Gasteiger partial charge in [-0.2, -0.15) is 0 Å². The molecule has 0 radical (unpaired) electrons. The van der Waals surface area contributed by atoms with Gasteiger partial charge in [0.2, 0.25) is 0 Å². The fourth-order valence-corrected chi connectivity index (χ4v) is 2.44. The molecule has 0 bridgehead atoms. The maximum Gasteiger partial charge on any atom is 0.255 e. The number of ether oxygens (including phenoxy) is 1. The van der Waals surface area contributed by atoms with Gasteiger partial charge in [0.15, 0.2) is 0 Å². The van der Waals surface area contributed by atoms with Crippen LogP contribution < -0.4 is 11.1 Å². The summed E-state index contributed by atoms with van der Waals surface area (Å²) in [5.74, 6) is -1.39. The molecule has 0 heterocycles. The summed E-state index contributed by atoms with van der Waals surface area (Å²) < 4.78 is 18.5. The molecule has 0 aromatic heterocycles. The Morgan fingerprint density at radius 2 is 2.10 bits per heavy atom. The van der Waals surface area contributed by atoms with E-state index in [0.29, 0.717) is 13.2 Å². The van der Waals surface area contributed by atoms with E-state index in [2.05, 4.69) is 5.32 Å². The molecule has 116 valence electrons. The second-order valence-corrected chi connectivity index (χ2v) is 5.32. The van der Waals surface area contributed by atoms with E-state index in [0.717, 1.165) is 37.8 Å². The third kappa shape index (κ3) is 4.68. The number of carbonyl (C=O) groups excluding carboxylic acids is 1. The first-order valence-corrected chi connectivity index (χ1v) is 7.20. The SMILES string of the molecule is NC1CCC(OCCNC(=O)c2ccc(F)cc2O)CC1. The molecular formula is C15H21FN2O3. The van der Waals surface area contributed by atoms with Crippen molar-refractivity contribution >= 4 is 5.91 Å². The number of phenols is 1. The number of aromatic hydroxyl groups is 1. The van der Waals surface area contributed by atoms with Crippen LogP contribution >= 0.6 is 0 Å². The van der Waals surface area contributed by atoms with Gasteiger partial charge in [0.25, 0.3) is 5.91 Å².